The first-order valence-electron chi connectivity index (χ1n) is 7.08. The highest BCUT2D eigenvalue weighted by Gasteiger charge is 2.21. The fraction of sp³-hybridized carbons (Fsp3) is 0.438. The molecule has 0 aliphatic heterocycles. The molecule has 2 heterocycles. The van der Waals surface area contributed by atoms with Crippen molar-refractivity contribution < 1.29 is 4.74 Å². The predicted molar refractivity (Wildman–Crippen MR) is 82.2 cm³/mol. The van der Waals surface area contributed by atoms with Crippen LogP contribution in [0.3, 0.4) is 0 Å². The lowest BCUT2D eigenvalue weighted by Gasteiger charge is -2.14. The number of nitrogens with one attached hydrogen (secondary N) is 1. The van der Waals surface area contributed by atoms with Gasteiger partial charge in [-0.3, -0.25) is 0 Å². The van der Waals surface area contributed by atoms with Gasteiger partial charge in [0.15, 0.2) is 0 Å². The first-order chi connectivity index (χ1) is 9.72. The summed E-state index contributed by atoms with van der Waals surface area (Å²) in [6.07, 6.45) is 2.59. The molecular formula is C16H20N2OS. The molecule has 3 nitrogen and oxygen atoms in total. The second-order valence-electron chi connectivity index (χ2n) is 5.39. The Morgan fingerprint density at radius 1 is 1.40 bits per heavy atom. The molecule has 0 spiro atoms. The number of pyridine rings is 1. The smallest absolute Gasteiger partial charge is 0.218 e. The van der Waals surface area contributed by atoms with Crippen LogP contribution in [0.5, 0.6) is 5.88 Å². The third-order valence-corrected chi connectivity index (χ3v) is 4.36. The van der Waals surface area contributed by atoms with Crippen LogP contribution in [-0.2, 0) is 13.2 Å². The van der Waals surface area contributed by atoms with Crippen LogP contribution in [0.25, 0.3) is 0 Å². The normalized spacial score (nSPS) is 14.5. The maximum Gasteiger partial charge on any atom is 0.218 e. The average molecular weight is 288 g/mol. The number of nitrogens with zero attached hydrogens (tertiary/aromatic N) is 1. The fourth-order valence-corrected chi connectivity index (χ4v) is 2.85. The van der Waals surface area contributed by atoms with Crippen molar-refractivity contribution in [2.24, 2.45) is 0 Å². The molecule has 0 saturated heterocycles. The van der Waals surface area contributed by atoms with E-state index in [4.69, 9.17) is 4.74 Å². The number of aromatic nitrogens is 1. The molecule has 1 N–H and O–H groups in total. The van der Waals surface area contributed by atoms with E-state index >= 15 is 0 Å². The van der Waals surface area contributed by atoms with Crippen LogP contribution in [0.1, 0.15) is 34.5 Å². The lowest BCUT2D eigenvalue weighted by atomic mass is 10.1. The van der Waals surface area contributed by atoms with Crippen molar-refractivity contribution in [3.63, 3.8) is 0 Å². The molecule has 1 aliphatic carbocycles. The van der Waals surface area contributed by atoms with Gasteiger partial charge in [-0.25, -0.2) is 4.98 Å². The highest BCUT2D eigenvalue weighted by atomic mass is 32.1. The Balaban J connectivity index is 1.75. The molecule has 0 aromatic carbocycles. The molecule has 0 bridgehead atoms. The second-order valence-corrected chi connectivity index (χ2v) is 6.42. The molecule has 4 heteroatoms. The molecular weight excluding hydrogens is 268 g/mol. The summed E-state index contributed by atoms with van der Waals surface area (Å²) in [5.41, 5.74) is 3.46. The molecule has 0 radical (unpaired) electrons. The van der Waals surface area contributed by atoms with Crippen LogP contribution >= 0.6 is 11.3 Å². The zero-order valence-corrected chi connectivity index (χ0v) is 12.8. The molecule has 1 saturated carbocycles. The third kappa shape index (κ3) is 3.38. The number of rotatable bonds is 6. The van der Waals surface area contributed by atoms with Gasteiger partial charge in [0.2, 0.25) is 5.88 Å². The Labute approximate surface area is 124 Å². The minimum Gasteiger partial charge on any atom is -0.472 e. The van der Waals surface area contributed by atoms with E-state index in [0.717, 1.165) is 18.1 Å². The summed E-state index contributed by atoms with van der Waals surface area (Å²) >= 11 is 1.72. The van der Waals surface area contributed by atoms with Crippen LogP contribution < -0.4 is 10.1 Å². The van der Waals surface area contributed by atoms with E-state index in [1.165, 1.54) is 28.8 Å². The predicted octanol–water partition coefficient (Wildman–Crippen LogP) is 3.59. The fourth-order valence-electron chi connectivity index (χ4n) is 2.23. The molecule has 2 aromatic rings. The molecule has 2 aromatic heterocycles. The van der Waals surface area contributed by atoms with Crippen LogP contribution in [0.15, 0.2) is 23.6 Å². The minimum atomic E-state index is 0.601. The molecule has 3 rings (SSSR count). The van der Waals surface area contributed by atoms with Crippen molar-refractivity contribution in [1.82, 2.24) is 10.3 Å². The summed E-state index contributed by atoms with van der Waals surface area (Å²) in [4.78, 5) is 5.80. The Kier molecular flexibility index (Phi) is 4.03. The zero-order valence-electron chi connectivity index (χ0n) is 12.0. The van der Waals surface area contributed by atoms with E-state index in [0.29, 0.717) is 12.6 Å². The van der Waals surface area contributed by atoms with Gasteiger partial charge in [0.25, 0.3) is 0 Å². The quantitative estimate of drug-likeness (QED) is 0.882. The average Bonchev–Trinajstić information content (AvgIpc) is 3.09. The third-order valence-electron chi connectivity index (χ3n) is 3.51. The topological polar surface area (TPSA) is 34.1 Å². The van der Waals surface area contributed by atoms with Crippen molar-refractivity contribution in [3.05, 3.63) is 45.3 Å². The summed E-state index contributed by atoms with van der Waals surface area (Å²) in [5.74, 6) is 0.782. The first-order valence-corrected chi connectivity index (χ1v) is 7.96. The number of ether oxygens (including phenoxy) is 1. The molecule has 1 aliphatic rings. The summed E-state index contributed by atoms with van der Waals surface area (Å²) < 4.78 is 5.96. The van der Waals surface area contributed by atoms with E-state index in [-0.39, 0.29) is 0 Å². The first kappa shape index (κ1) is 13.6. The van der Waals surface area contributed by atoms with Crippen LogP contribution in [0, 0.1) is 13.8 Å². The molecule has 20 heavy (non-hydrogen) atoms. The van der Waals surface area contributed by atoms with Crippen molar-refractivity contribution in [3.8, 4) is 5.88 Å². The van der Waals surface area contributed by atoms with Crippen molar-refractivity contribution in [2.45, 2.75) is 45.9 Å². The molecule has 0 unspecified atom stereocenters. The number of hydrogen-bond acceptors (Lipinski definition) is 4. The number of aryl methyl sites for hydroxylation is 2. The number of hydrogen-bond donors (Lipinski definition) is 1. The van der Waals surface area contributed by atoms with Crippen molar-refractivity contribution >= 4 is 11.3 Å². The van der Waals surface area contributed by atoms with Crippen LogP contribution in [0.2, 0.25) is 0 Å². The van der Waals surface area contributed by atoms with Gasteiger partial charge < -0.3 is 10.1 Å². The lowest BCUT2D eigenvalue weighted by molar-refractivity contribution is 0.292. The van der Waals surface area contributed by atoms with Gasteiger partial charge in [-0.05, 0) is 49.8 Å². The monoisotopic (exact) mass is 288 g/mol. The highest BCUT2D eigenvalue weighted by molar-refractivity contribution is 7.09. The van der Waals surface area contributed by atoms with Gasteiger partial charge in [0, 0.05) is 28.7 Å². The largest absolute Gasteiger partial charge is 0.472 e. The van der Waals surface area contributed by atoms with E-state index in [9.17, 15) is 0 Å². The Hall–Kier alpha value is -1.39. The SMILES string of the molecule is Cc1cc(C)c(CNC2CC2)c(OCc2cccs2)n1. The van der Waals surface area contributed by atoms with Gasteiger partial charge in [0.05, 0.1) is 0 Å². The maximum atomic E-state index is 5.96. The maximum absolute atomic E-state index is 5.96. The van der Waals surface area contributed by atoms with E-state index in [1.807, 2.05) is 13.0 Å². The Morgan fingerprint density at radius 3 is 2.95 bits per heavy atom. The van der Waals surface area contributed by atoms with Gasteiger partial charge in [-0.1, -0.05) is 6.07 Å². The minimum absolute atomic E-state index is 0.601. The van der Waals surface area contributed by atoms with Gasteiger partial charge >= 0.3 is 0 Å². The second kappa shape index (κ2) is 5.94. The van der Waals surface area contributed by atoms with Crippen LogP contribution in [0.4, 0.5) is 0 Å². The summed E-state index contributed by atoms with van der Waals surface area (Å²) in [5, 5.41) is 5.62. The van der Waals surface area contributed by atoms with E-state index in [1.54, 1.807) is 11.3 Å². The van der Waals surface area contributed by atoms with E-state index < -0.39 is 0 Å². The van der Waals surface area contributed by atoms with Crippen molar-refractivity contribution in [1.29, 1.82) is 0 Å². The summed E-state index contributed by atoms with van der Waals surface area (Å²) in [7, 11) is 0. The Morgan fingerprint density at radius 2 is 2.25 bits per heavy atom. The zero-order chi connectivity index (χ0) is 13.9. The Bertz CT molecular complexity index is 576. The van der Waals surface area contributed by atoms with E-state index in [2.05, 4.69) is 34.7 Å². The standard InChI is InChI=1S/C16H20N2OS/c1-11-8-12(2)18-16(15(11)9-17-13-5-6-13)19-10-14-4-3-7-20-14/h3-4,7-8,13,17H,5-6,9-10H2,1-2H3. The molecule has 0 amide bonds. The summed E-state index contributed by atoms with van der Waals surface area (Å²) in [6.45, 7) is 5.60. The lowest BCUT2D eigenvalue weighted by Crippen LogP contribution is -2.17. The molecule has 0 atom stereocenters. The van der Waals surface area contributed by atoms with Gasteiger partial charge in [-0.2, -0.15) is 0 Å². The summed E-state index contributed by atoms with van der Waals surface area (Å²) in [6, 6.07) is 6.96. The highest BCUT2D eigenvalue weighted by Crippen LogP contribution is 2.25. The molecule has 106 valence electrons. The number of thiophene rings is 1. The molecule has 1 fully saturated rings. The van der Waals surface area contributed by atoms with Crippen molar-refractivity contribution in [2.75, 3.05) is 0 Å². The van der Waals surface area contributed by atoms with Gasteiger partial charge in [0.1, 0.15) is 6.61 Å². The van der Waals surface area contributed by atoms with Gasteiger partial charge in [-0.15, -0.1) is 11.3 Å². The van der Waals surface area contributed by atoms with Crippen LogP contribution in [-0.4, -0.2) is 11.0 Å².